The molecule has 2 amide bonds. The van der Waals surface area contributed by atoms with Crippen LogP contribution in [0.3, 0.4) is 0 Å². The molecule has 1 aliphatic rings. The number of anilines is 1. The number of fused-ring (bicyclic) bond motifs is 1. The molecule has 0 bridgehead atoms. The first-order chi connectivity index (χ1) is 18.3. The Morgan fingerprint density at radius 1 is 1.18 bits per heavy atom. The summed E-state index contributed by atoms with van der Waals surface area (Å²) in [7, 11) is -2.81. The monoisotopic (exact) mass is 575 g/mol. The van der Waals surface area contributed by atoms with Crippen molar-refractivity contribution >= 4 is 39.1 Å². The van der Waals surface area contributed by atoms with Gasteiger partial charge < -0.3 is 19.7 Å². The summed E-state index contributed by atoms with van der Waals surface area (Å²) in [6, 6.07) is 8.86. The molecule has 0 aliphatic carbocycles. The highest BCUT2D eigenvalue weighted by molar-refractivity contribution is 7.91. The molecule has 1 N–H and O–H groups in total. The van der Waals surface area contributed by atoms with E-state index in [1.54, 1.807) is 51.1 Å². The number of methoxy groups -OCH3 is 1. The zero-order valence-corrected chi connectivity index (χ0v) is 23.3. The van der Waals surface area contributed by atoms with Gasteiger partial charge >= 0.3 is 6.09 Å². The number of amides is 2. The van der Waals surface area contributed by atoms with E-state index < -0.39 is 45.1 Å². The van der Waals surface area contributed by atoms with Gasteiger partial charge in [0, 0.05) is 22.3 Å². The number of hydrogen-bond acceptors (Lipinski definition) is 7. The second kappa shape index (κ2) is 10.8. The Kier molecular flexibility index (Phi) is 7.85. The van der Waals surface area contributed by atoms with Gasteiger partial charge in [-0.25, -0.2) is 17.6 Å². The number of halogens is 2. The number of ether oxygens (including phenoxy) is 2. The lowest BCUT2D eigenvalue weighted by Gasteiger charge is -2.27. The Hall–Kier alpha value is -3.70. The van der Waals surface area contributed by atoms with Gasteiger partial charge in [-0.15, -0.1) is 0 Å². The summed E-state index contributed by atoms with van der Waals surface area (Å²) in [4.78, 5) is 31.3. The molecule has 1 atom stereocenters. The van der Waals surface area contributed by atoms with E-state index in [-0.39, 0.29) is 22.7 Å². The maximum atomic E-state index is 15.4. The fourth-order valence-corrected chi connectivity index (χ4v) is 5.82. The molecule has 206 valence electrons. The lowest BCUT2D eigenvalue weighted by atomic mass is 10.0. The van der Waals surface area contributed by atoms with Crippen LogP contribution in [0.1, 0.15) is 26.3 Å². The maximum absolute atomic E-state index is 15.4. The third-order valence-electron chi connectivity index (χ3n) is 5.83. The van der Waals surface area contributed by atoms with E-state index in [2.05, 4.69) is 10.3 Å². The highest BCUT2D eigenvalue weighted by Gasteiger charge is 2.40. The van der Waals surface area contributed by atoms with Gasteiger partial charge in [0.2, 0.25) is 0 Å². The van der Waals surface area contributed by atoms with E-state index in [1.165, 1.54) is 30.5 Å². The van der Waals surface area contributed by atoms with Crippen molar-refractivity contribution in [3.05, 3.63) is 71.3 Å². The second-order valence-corrected chi connectivity index (χ2v) is 12.4. The third kappa shape index (κ3) is 6.48. The number of hydrogen-bond donors (Lipinski definition) is 1. The molecule has 2 heterocycles. The number of carbonyl (C=O) groups is 2. The minimum Gasteiger partial charge on any atom is -0.495 e. The molecule has 2 aromatic carbocycles. The molecule has 39 heavy (non-hydrogen) atoms. The highest BCUT2D eigenvalue weighted by atomic mass is 35.5. The SMILES string of the molecule is COc1cncc(-c2cc3c(cc2F)S(=O)(=O)C[C@H](NC(=O)OC(C)(C)C)C(=O)N3Cc2ccc(Cl)cc2)c1. The number of rotatable bonds is 5. The largest absolute Gasteiger partial charge is 0.495 e. The number of pyridine rings is 1. The molecule has 0 radical (unpaired) electrons. The predicted molar refractivity (Wildman–Crippen MR) is 144 cm³/mol. The summed E-state index contributed by atoms with van der Waals surface area (Å²) in [5, 5.41) is 2.86. The van der Waals surface area contributed by atoms with Crippen LogP contribution in [0.15, 0.2) is 59.8 Å². The van der Waals surface area contributed by atoms with Crippen molar-refractivity contribution in [1.82, 2.24) is 10.3 Å². The Labute approximate surface area is 230 Å². The topological polar surface area (TPSA) is 115 Å². The van der Waals surface area contributed by atoms with Crippen molar-refractivity contribution in [3.8, 4) is 16.9 Å². The van der Waals surface area contributed by atoms with E-state index in [0.717, 1.165) is 6.07 Å². The van der Waals surface area contributed by atoms with Gasteiger partial charge in [0.15, 0.2) is 9.84 Å². The van der Waals surface area contributed by atoms with Gasteiger partial charge in [-0.2, -0.15) is 0 Å². The molecule has 1 aromatic heterocycles. The highest BCUT2D eigenvalue weighted by Crippen LogP contribution is 2.38. The second-order valence-electron chi connectivity index (χ2n) is 9.94. The summed E-state index contributed by atoms with van der Waals surface area (Å²) in [5.74, 6) is -1.95. The Bertz CT molecular complexity index is 1520. The molecule has 0 fully saturated rings. The quantitative estimate of drug-likeness (QED) is 0.466. The van der Waals surface area contributed by atoms with Crippen molar-refractivity contribution in [2.45, 2.75) is 43.9 Å². The molecule has 0 saturated heterocycles. The summed E-state index contributed by atoms with van der Waals surface area (Å²) in [6.07, 6.45) is 1.89. The van der Waals surface area contributed by atoms with Crippen molar-refractivity contribution < 1.29 is 31.9 Å². The minimum atomic E-state index is -4.25. The Morgan fingerprint density at radius 2 is 1.87 bits per heavy atom. The number of benzene rings is 2. The zero-order valence-electron chi connectivity index (χ0n) is 21.7. The zero-order chi connectivity index (χ0) is 28.5. The van der Waals surface area contributed by atoms with E-state index in [9.17, 15) is 18.0 Å². The van der Waals surface area contributed by atoms with Gasteiger partial charge in [-0.05, 0) is 56.7 Å². The summed E-state index contributed by atoms with van der Waals surface area (Å²) in [6.45, 7) is 4.84. The molecule has 0 saturated carbocycles. The fourth-order valence-electron chi connectivity index (χ4n) is 4.08. The van der Waals surface area contributed by atoms with Crippen molar-refractivity contribution in [1.29, 1.82) is 0 Å². The van der Waals surface area contributed by atoms with Gasteiger partial charge in [0.25, 0.3) is 5.91 Å². The number of aromatic nitrogens is 1. The molecule has 4 rings (SSSR count). The first kappa shape index (κ1) is 28.3. The molecular weight excluding hydrogens is 549 g/mol. The number of nitrogens with one attached hydrogen (secondary N) is 1. The molecule has 0 spiro atoms. The average molecular weight is 576 g/mol. The van der Waals surface area contributed by atoms with Crippen molar-refractivity contribution in [2.24, 2.45) is 0 Å². The van der Waals surface area contributed by atoms with Gasteiger partial charge in [-0.3, -0.25) is 9.78 Å². The first-order valence-electron chi connectivity index (χ1n) is 11.9. The van der Waals surface area contributed by atoms with Crippen LogP contribution < -0.4 is 15.0 Å². The number of carbonyl (C=O) groups excluding carboxylic acids is 2. The first-order valence-corrected chi connectivity index (χ1v) is 13.9. The fraction of sp³-hybridized carbons (Fsp3) is 0.296. The Morgan fingerprint density at radius 3 is 2.51 bits per heavy atom. The van der Waals surface area contributed by atoms with E-state index in [1.807, 2.05) is 0 Å². The van der Waals surface area contributed by atoms with E-state index in [4.69, 9.17) is 21.1 Å². The van der Waals surface area contributed by atoms with Crippen LogP contribution in [0.2, 0.25) is 5.02 Å². The summed E-state index contributed by atoms with van der Waals surface area (Å²) in [5.41, 5.74) is 0.0397. The molecule has 12 heteroatoms. The van der Waals surface area contributed by atoms with E-state index >= 15 is 4.39 Å². The number of nitrogens with zero attached hydrogens (tertiary/aromatic N) is 2. The molecular formula is C27H27ClFN3O6S. The van der Waals surface area contributed by atoms with Crippen LogP contribution in [-0.2, 0) is 25.9 Å². The lowest BCUT2D eigenvalue weighted by Crippen LogP contribution is -2.51. The van der Waals surface area contributed by atoms with Crippen LogP contribution in [0.25, 0.3) is 11.1 Å². The molecule has 0 unspecified atom stereocenters. The smallest absolute Gasteiger partial charge is 0.408 e. The van der Waals surface area contributed by atoms with Gasteiger partial charge in [0.1, 0.15) is 23.2 Å². The predicted octanol–water partition coefficient (Wildman–Crippen LogP) is 4.76. The van der Waals surface area contributed by atoms with Crippen LogP contribution in [-0.4, -0.2) is 49.9 Å². The third-order valence-corrected chi connectivity index (χ3v) is 7.85. The van der Waals surface area contributed by atoms with Crippen LogP contribution in [0, 0.1) is 5.82 Å². The summed E-state index contributed by atoms with van der Waals surface area (Å²) < 4.78 is 52.8. The normalized spacial score (nSPS) is 16.7. The van der Waals surface area contributed by atoms with E-state index in [0.29, 0.717) is 21.9 Å². The van der Waals surface area contributed by atoms with Crippen molar-refractivity contribution in [3.63, 3.8) is 0 Å². The molecule has 1 aliphatic heterocycles. The van der Waals surface area contributed by atoms with Crippen LogP contribution >= 0.6 is 11.6 Å². The average Bonchev–Trinajstić information content (AvgIpc) is 2.92. The van der Waals surface area contributed by atoms with Crippen LogP contribution in [0.4, 0.5) is 14.9 Å². The molecule has 3 aromatic rings. The van der Waals surface area contributed by atoms with Gasteiger partial charge in [0.05, 0.1) is 36.2 Å². The van der Waals surface area contributed by atoms with Crippen LogP contribution in [0.5, 0.6) is 5.75 Å². The summed E-state index contributed by atoms with van der Waals surface area (Å²) >= 11 is 6.01. The van der Waals surface area contributed by atoms with Gasteiger partial charge in [-0.1, -0.05) is 23.7 Å². The lowest BCUT2D eigenvalue weighted by molar-refractivity contribution is -0.120. The standard InChI is InChI=1S/C27H27ClFN3O6S/c1-27(2,3)38-26(34)31-22-15-39(35,36)24-11-21(29)20(17-9-19(37-4)13-30-12-17)10-23(24)32(25(22)33)14-16-5-7-18(28)8-6-16/h5-13,22H,14-15H2,1-4H3,(H,31,34)/t22-/m0/s1. The maximum Gasteiger partial charge on any atom is 0.408 e. The number of sulfone groups is 1. The Balaban J connectivity index is 1.86. The van der Waals surface area contributed by atoms with Crippen molar-refractivity contribution in [2.75, 3.05) is 17.8 Å². The minimum absolute atomic E-state index is 0.0165. The number of alkyl carbamates (subject to hydrolysis) is 1. The molecule has 9 nitrogen and oxygen atoms in total.